The maximum Gasteiger partial charge on any atom is 0.136 e. The number of hydrogen-bond donors (Lipinski definition) is 1. The molecule has 1 aromatic heterocycles. The van der Waals surface area contributed by atoms with Crippen molar-refractivity contribution in [3.8, 4) is 0 Å². The SMILES string of the molecule is CCCN1CCN(c2ncc(CN)c3ccccc23)CC1. The first kappa shape index (κ1) is 14.3. The molecule has 4 heteroatoms. The first-order valence-corrected chi connectivity index (χ1v) is 7.87. The second-order valence-corrected chi connectivity index (χ2v) is 5.69. The van der Waals surface area contributed by atoms with Crippen molar-refractivity contribution >= 4 is 16.6 Å². The normalized spacial score (nSPS) is 16.6. The Bertz CT molecular complexity index is 603. The first-order valence-electron chi connectivity index (χ1n) is 7.87. The van der Waals surface area contributed by atoms with E-state index >= 15 is 0 Å². The van der Waals surface area contributed by atoms with Crippen LogP contribution < -0.4 is 10.6 Å². The standard InChI is InChI=1S/C17H24N4/c1-2-7-20-8-10-21(11-9-20)17-16-6-4-3-5-15(16)14(12-18)13-19-17/h3-6,13H,2,7-12,18H2,1H3. The third-order valence-corrected chi connectivity index (χ3v) is 4.29. The van der Waals surface area contributed by atoms with E-state index in [1.54, 1.807) is 0 Å². The number of nitrogens with two attached hydrogens (primary N) is 1. The summed E-state index contributed by atoms with van der Waals surface area (Å²) in [5.41, 5.74) is 6.96. The van der Waals surface area contributed by atoms with Crippen molar-refractivity contribution < 1.29 is 0 Å². The van der Waals surface area contributed by atoms with Crippen LogP contribution in [0.4, 0.5) is 5.82 Å². The Morgan fingerprint density at radius 1 is 1.10 bits per heavy atom. The van der Waals surface area contributed by atoms with Crippen molar-refractivity contribution in [2.24, 2.45) is 5.73 Å². The lowest BCUT2D eigenvalue weighted by Gasteiger charge is -2.35. The molecule has 0 unspecified atom stereocenters. The molecule has 0 aliphatic carbocycles. The Balaban J connectivity index is 1.88. The molecular weight excluding hydrogens is 260 g/mol. The van der Waals surface area contributed by atoms with Crippen LogP contribution in [0.5, 0.6) is 0 Å². The number of nitrogens with zero attached hydrogens (tertiary/aromatic N) is 3. The minimum Gasteiger partial charge on any atom is -0.354 e. The van der Waals surface area contributed by atoms with Gasteiger partial charge in [0, 0.05) is 44.3 Å². The molecule has 1 saturated heterocycles. The lowest BCUT2D eigenvalue weighted by atomic mass is 10.1. The summed E-state index contributed by atoms with van der Waals surface area (Å²) in [6.45, 7) is 8.35. The monoisotopic (exact) mass is 284 g/mol. The predicted molar refractivity (Wildman–Crippen MR) is 88.6 cm³/mol. The maximum atomic E-state index is 5.84. The van der Waals surface area contributed by atoms with E-state index < -0.39 is 0 Å². The fraction of sp³-hybridized carbons (Fsp3) is 0.471. The van der Waals surface area contributed by atoms with Crippen molar-refractivity contribution in [3.63, 3.8) is 0 Å². The van der Waals surface area contributed by atoms with Crippen molar-refractivity contribution in [2.75, 3.05) is 37.6 Å². The number of anilines is 1. The Labute approximate surface area is 126 Å². The summed E-state index contributed by atoms with van der Waals surface area (Å²) in [6.07, 6.45) is 3.17. The van der Waals surface area contributed by atoms with Crippen LogP contribution in [0, 0.1) is 0 Å². The third-order valence-electron chi connectivity index (χ3n) is 4.29. The smallest absolute Gasteiger partial charge is 0.136 e. The minimum atomic E-state index is 0.540. The molecule has 1 aliphatic heterocycles. The number of piperazine rings is 1. The molecule has 0 atom stereocenters. The fourth-order valence-corrected chi connectivity index (χ4v) is 3.15. The Hall–Kier alpha value is -1.65. The second-order valence-electron chi connectivity index (χ2n) is 5.69. The molecule has 1 fully saturated rings. The van der Waals surface area contributed by atoms with Crippen LogP contribution in [0.2, 0.25) is 0 Å². The van der Waals surface area contributed by atoms with Gasteiger partial charge in [-0.25, -0.2) is 4.98 Å². The number of aromatic nitrogens is 1. The number of benzene rings is 1. The van der Waals surface area contributed by atoms with E-state index in [1.807, 2.05) is 6.20 Å². The second kappa shape index (κ2) is 6.41. The highest BCUT2D eigenvalue weighted by molar-refractivity contribution is 5.94. The minimum absolute atomic E-state index is 0.540. The first-order chi connectivity index (χ1) is 10.3. The Kier molecular flexibility index (Phi) is 4.36. The summed E-state index contributed by atoms with van der Waals surface area (Å²) < 4.78 is 0. The van der Waals surface area contributed by atoms with Gasteiger partial charge >= 0.3 is 0 Å². The summed E-state index contributed by atoms with van der Waals surface area (Å²) in [6, 6.07) is 8.47. The van der Waals surface area contributed by atoms with Crippen molar-refractivity contribution in [1.29, 1.82) is 0 Å². The van der Waals surface area contributed by atoms with Gasteiger partial charge in [0.2, 0.25) is 0 Å². The Morgan fingerprint density at radius 2 is 1.81 bits per heavy atom. The van der Waals surface area contributed by atoms with E-state index in [-0.39, 0.29) is 0 Å². The number of pyridine rings is 1. The van der Waals surface area contributed by atoms with E-state index in [4.69, 9.17) is 10.7 Å². The van der Waals surface area contributed by atoms with Gasteiger partial charge in [-0.15, -0.1) is 0 Å². The van der Waals surface area contributed by atoms with Gasteiger partial charge < -0.3 is 10.6 Å². The largest absolute Gasteiger partial charge is 0.354 e. The summed E-state index contributed by atoms with van der Waals surface area (Å²) in [5, 5.41) is 2.46. The van der Waals surface area contributed by atoms with Gasteiger partial charge in [0.15, 0.2) is 0 Å². The van der Waals surface area contributed by atoms with Gasteiger partial charge in [-0.05, 0) is 23.9 Å². The highest BCUT2D eigenvalue weighted by atomic mass is 15.3. The van der Waals surface area contributed by atoms with Crippen molar-refractivity contribution in [1.82, 2.24) is 9.88 Å². The van der Waals surface area contributed by atoms with E-state index in [2.05, 4.69) is 41.0 Å². The van der Waals surface area contributed by atoms with Gasteiger partial charge in [-0.2, -0.15) is 0 Å². The molecule has 1 aliphatic rings. The molecule has 112 valence electrons. The van der Waals surface area contributed by atoms with Crippen LogP contribution in [0.3, 0.4) is 0 Å². The predicted octanol–water partition coefficient (Wildman–Crippen LogP) is 2.23. The van der Waals surface area contributed by atoms with E-state index in [9.17, 15) is 0 Å². The molecule has 0 spiro atoms. The zero-order valence-corrected chi connectivity index (χ0v) is 12.8. The van der Waals surface area contributed by atoms with E-state index in [1.165, 1.54) is 23.7 Å². The molecule has 1 aromatic carbocycles. The van der Waals surface area contributed by atoms with Crippen LogP contribution in [0.25, 0.3) is 10.8 Å². The summed E-state index contributed by atoms with van der Waals surface area (Å²) >= 11 is 0. The van der Waals surface area contributed by atoms with Gasteiger partial charge in [-0.1, -0.05) is 31.2 Å². The van der Waals surface area contributed by atoms with Crippen LogP contribution in [0.1, 0.15) is 18.9 Å². The van der Waals surface area contributed by atoms with E-state index in [0.29, 0.717) is 6.54 Å². The molecule has 0 saturated carbocycles. The van der Waals surface area contributed by atoms with Crippen molar-refractivity contribution in [2.45, 2.75) is 19.9 Å². The quantitative estimate of drug-likeness (QED) is 0.935. The molecule has 0 bridgehead atoms. The lowest BCUT2D eigenvalue weighted by molar-refractivity contribution is 0.258. The molecule has 21 heavy (non-hydrogen) atoms. The molecular formula is C17H24N4. The molecule has 2 aromatic rings. The van der Waals surface area contributed by atoms with Crippen LogP contribution in [-0.2, 0) is 6.54 Å². The average molecular weight is 284 g/mol. The maximum absolute atomic E-state index is 5.84. The summed E-state index contributed by atoms with van der Waals surface area (Å²) in [4.78, 5) is 9.65. The lowest BCUT2D eigenvalue weighted by Crippen LogP contribution is -2.46. The zero-order valence-electron chi connectivity index (χ0n) is 12.8. The summed E-state index contributed by atoms with van der Waals surface area (Å²) in [7, 11) is 0. The highest BCUT2D eigenvalue weighted by Gasteiger charge is 2.19. The van der Waals surface area contributed by atoms with Crippen LogP contribution in [0.15, 0.2) is 30.5 Å². The molecule has 2 heterocycles. The Morgan fingerprint density at radius 3 is 2.48 bits per heavy atom. The fourth-order valence-electron chi connectivity index (χ4n) is 3.15. The van der Waals surface area contributed by atoms with Crippen LogP contribution in [-0.4, -0.2) is 42.6 Å². The zero-order chi connectivity index (χ0) is 14.7. The number of fused-ring (bicyclic) bond motifs is 1. The molecule has 4 nitrogen and oxygen atoms in total. The van der Waals surface area contributed by atoms with E-state index in [0.717, 1.165) is 37.6 Å². The average Bonchev–Trinajstić information content (AvgIpc) is 2.55. The van der Waals surface area contributed by atoms with Gasteiger partial charge in [-0.3, -0.25) is 4.90 Å². The molecule has 2 N–H and O–H groups in total. The topological polar surface area (TPSA) is 45.4 Å². The highest BCUT2D eigenvalue weighted by Crippen LogP contribution is 2.27. The van der Waals surface area contributed by atoms with Crippen molar-refractivity contribution in [3.05, 3.63) is 36.0 Å². The van der Waals surface area contributed by atoms with Gasteiger partial charge in [0.25, 0.3) is 0 Å². The van der Waals surface area contributed by atoms with Crippen LogP contribution >= 0.6 is 0 Å². The van der Waals surface area contributed by atoms with Gasteiger partial charge in [0.1, 0.15) is 5.82 Å². The van der Waals surface area contributed by atoms with Gasteiger partial charge in [0.05, 0.1) is 0 Å². The number of hydrogen-bond acceptors (Lipinski definition) is 4. The molecule has 3 rings (SSSR count). The molecule has 0 radical (unpaired) electrons. The molecule has 0 amide bonds. The third kappa shape index (κ3) is 2.87. The number of rotatable bonds is 4. The summed E-state index contributed by atoms with van der Waals surface area (Å²) in [5.74, 6) is 1.11.